The highest BCUT2D eigenvalue weighted by Gasteiger charge is 2.42. The molecular weight excluding hydrogens is 424 g/mol. The van der Waals surface area contributed by atoms with Crippen molar-refractivity contribution < 1.29 is 27.6 Å². The van der Waals surface area contributed by atoms with Crippen LogP contribution < -0.4 is 10.0 Å². The van der Waals surface area contributed by atoms with Crippen LogP contribution in [0.15, 0.2) is 53.4 Å². The molecule has 10 nitrogen and oxygen atoms in total. The first kappa shape index (κ1) is 22.0. The molecule has 0 saturated carbocycles. The molecule has 0 saturated heterocycles. The molecule has 0 aliphatic carbocycles. The van der Waals surface area contributed by atoms with Crippen LogP contribution in [0.25, 0.3) is 0 Å². The quantitative estimate of drug-likeness (QED) is 0.693. The number of nitrogens with zero attached hydrogens (tertiary/aromatic N) is 2. The van der Waals surface area contributed by atoms with Crippen LogP contribution in [0.5, 0.6) is 0 Å². The molecule has 6 amide bonds. The standard InChI is InChI=1S/C20H20N4O6S/c1-12(2)23(24-17(25)15-6-4-5-7-16(15)18(24)26)20(28)21-19(27)22-31(29,30)14-10-8-13(3)9-11-14/h4-12H,1-3H3,(H2,21,22,27,28). The van der Waals surface area contributed by atoms with E-state index in [1.165, 1.54) is 38.1 Å². The molecule has 0 atom stereocenters. The minimum Gasteiger partial charge on any atom is -0.267 e. The summed E-state index contributed by atoms with van der Waals surface area (Å²) in [6.07, 6.45) is 0. The number of hydrogen-bond donors (Lipinski definition) is 2. The van der Waals surface area contributed by atoms with Crippen molar-refractivity contribution in [2.24, 2.45) is 0 Å². The molecule has 0 unspecified atom stereocenters. The van der Waals surface area contributed by atoms with Crippen LogP contribution in [-0.4, -0.2) is 48.4 Å². The smallest absolute Gasteiger partial charge is 0.267 e. The van der Waals surface area contributed by atoms with Crippen molar-refractivity contribution in [2.75, 3.05) is 0 Å². The molecule has 3 rings (SSSR count). The maximum absolute atomic E-state index is 12.7. The summed E-state index contributed by atoms with van der Waals surface area (Å²) >= 11 is 0. The number of carbonyl (C=O) groups is 4. The van der Waals surface area contributed by atoms with Gasteiger partial charge < -0.3 is 0 Å². The van der Waals surface area contributed by atoms with Crippen molar-refractivity contribution in [1.29, 1.82) is 0 Å². The number of carbonyl (C=O) groups excluding carboxylic acids is 4. The Morgan fingerprint density at radius 3 is 1.94 bits per heavy atom. The van der Waals surface area contributed by atoms with Gasteiger partial charge in [0.1, 0.15) is 0 Å². The number of rotatable bonds is 4. The summed E-state index contributed by atoms with van der Waals surface area (Å²) in [5.74, 6) is -1.45. The van der Waals surface area contributed by atoms with Crippen LogP contribution in [0.2, 0.25) is 0 Å². The van der Waals surface area contributed by atoms with E-state index >= 15 is 0 Å². The maximum atomic E-state index is 12.7. The van der Waals surface area contributed by atoms with Gasteiger partial charge >= 0.3 is 12.1 Å². The molecular formula is C20H20N4O6S. The molecule has 1 aliphatic rings. The van der Waals surface area contributed by atoms with Gasteiger partial charge in [0.25, 0.3) is 21.8 Å². The third kappa shape index (κ3) is 4.26. The second-order valence-corrected chi connectivity index (χ2v) is 8.77. The van der Waals surface area contributed by atoms with E-state index < -0.39 is 39.9 Å². The van der Waals surface area contributed by atoms with Crippen LogP contribution in [0, 0.1) is 6.92 Å². The van der Waals surface area contributed by atoms with E-state index in [9.17, 15) is 27.6 Å². The molecule has 1 heterocycles. The third-order valence-electron chi connectivity index (χ3n) is 4.46. The zero-order valence-corrected chi connectivity index (χ0v) is 17.8. The number of sulfonamides is 1. The lowest BCUT2D eigenvalue weighted by molar-refractivity contribution is 0.00792. The lowest BCUT2D eigenvalue weighted by atomic mass is 10.1. The van der Waals surface area contributed by atoms with Crippen molar-refractivity contribution in [3.05, 3.63) is 65.2 Å². The van der Waals surface area contributed by atoms with Crippen LogP contribution in [0.3, 0.4) is 0 Å². The summed E-state index contributed by atoms with van der Waals surface area (Å²) in [4.78, 5) is 50.1. The third-order valence-corrected chi connectivity index (χ3v) is 5.81. The Labute approximate surface area is 178 Å². The molecule has 31 heavy (non-hydrogen) atoms. The van der Waals surface area contributed by atoms with Crippen LogP contribution in [0.4, 0.5) is 9.59 Å². The van der Waals surface area contributed by atoms with E-state index in [1.807, 2.05) is 5.32 Å². The SMILES string of the molecule is Cc1ccc(S(=O)(=O)NC(=O)NC(=O)N(C(C)C)N2C(=O)c3ccccc3C2=O)cc1. The number of nitrogens with one attached hydrogen (secondary N) is 2. The van der Waals surface area contributed by atoms with E-state index in [-0.39, 0.29) is 16.0 Å². The van der Waals surface area contributed by atoms with Gasteiger partial charge in [-0.2, -0.15) is 5.01 Å². The first-order valence-electron chi connectivity index (χ1n) is 9.24. The molecule has 1 aliphatic heterocycles. The summed E-state index contributed by atoms with van der Waals surface area (Å²) < 4.78 is 26.4. The van der Waals surface area contributed by atoms with E-state index in [0.29, 0.717) is 5.01 Å². The Hall–Kier alpha value is -3.73. The van der Waals surface area contributed by atoms with Gasteiger partial charge in [0, 0.05) is 0 Å². The monoisotopic (exact) mass is 444 g/mol. The maximum Gasteiger partial charge on any atom is 0.345 e. The Balaban J connectivity index is 1.77. The van der Waals surface area contributed by atoms with Gasteiger partial charge in [0.2, 0.25) is 0 Å². The number of hydrogen-bond acceptors (Lipinski definition) is 6. The van der Waals surface area contributed by atoms with Gasteiger partial charge in [-0.1, -0.05) is 29.8 Å². The van der Waals surface area contributed by atoms with Gasteiger partial charge in [-0.15, -0.1) is 0 Å². The number of imide groups is 2. The van der Waals surface area contributed by atoms with E-state index in [0.717, 1.165) is 10.6 Å². The molecule has 0 aromatic heterocycles. The number of amides is 6. The Morgan fingerprint density at radius 2 is 1.45 bits per heavy atom. The molecule has 0 spiro atoms. The normalized spacial score (nSPS) is 13.2. The minimum absolute atomic E-state index is 0.123. The zero-order chi connectivity index (χ0) is 22.9. The highest BCUT2D eigenvalue weighted by Crippen LogP contribution is 2.25. The fraction of sp³-hybridized carbons (Fsp3) is 0.200. The van der Waals surface area contributed by atoms with Crippen LogP contribution in [0.1, 0.15) is 40.1 Å². The molecule has 2 aromatic rings. The molecule has 0 bridgehead atoms. The minimum atomic E-state index is -4.23. The first-order chi connectivity index (χ1) is 14.5. The van der Waals surface area contributed by atoms with Gasteiger partial charge in [0.05, 0.1) is 22.1 Å². The number of fused-ring (bicyclic) bond motifs is 1. The number of urea groups is 2. The van der Waals surface area contributed by atoms with Crippen LogP contribution >= 0.6 is 0 Å². The molecule has 162 valence electrons. The average molecular weight is 444 g/mol. The second-order valence-electron chi connectivity index (χ2n) is 7.08. The highest BCUT2D eigenvalue weighted by atomic mass is 32.2. The first-order valence-corrected chi connectivity index (χ1v) is 10.7. The van der Waals surface area contributed by atoms with Gasteiger partial charge in [0.15, 0.2) is 0 Å². The van der Waals surface area contributed by atoms with Crippen molar-refractivity contribution in [1.82, 2.24) is 20.1 Å². The largest absolute Gasteiger partial charge is 0.345 e. The lowest BCUT2D eigenvalue weighted by Gasteiger charge is -2.32. The summed E-state index contributed by atoms with van der Waals surface area (Å²) in [5, 5.41) is 3.25. The summed E-state index contributed by atoms with van der Waals surface area (Å²) in [5.41, 5.74) is 1.07. The summed E-state index contributed by atoms with van der Waals surface area (Å²) in [7, 11) is -4.23. The van der Waals surface area contributed by atoms with Gasteiger partial charge in [-0.3, -0.25) is 14.9 Å². The average Bonchev–Trinajstić information content (AvgIpc) is 2.93. The molecule has 11 heteroatoms. The topological polar surface area (TPSA) is 133 Å². The Kier molecular flexibility index (Phi) is 5.80. The van der Waals surface area contributed by atoms with Crippen molar-refractivity contribution in [3.63, 3.8) is 0 Å². The molecule has 2 N–H and O–H groups in total. The predicted molar refractivity (Wildman–Crippen MR) is 109 cm³/mol. The lowest BCUT2D eigenvalue weighted by Crippen LogP contribution is -2.58. The van der Waals surface area contributed by atoms with Crippen molar-refractivity contribution in [3.8, 4) is 0 Å². The fourth-order valence-corrected chi connectivity index (χ4v) is 3.91. The second kappa shape index (κ2) is 8.19. The number of aryl methyl sites for hydroxylation is 1. The molecule has 2 aromatic carbocycles. The fourth-order valence-electron chi connectivity index (χ4n) is 3.01. The highest BCUT2D eigenvalue weighted by molar-refractivity contribution is 7.90. The molecule has 0 radical (unpaired) electrons. The van der Waals surface area contributed by atoms with Crippen molar-refractivity contribution in [2.45, 2.75) is 31.7 Å². The molecule has 0 fully saturated rings. The Bertz CT molecular complexity index is 1140. The predicted octanol–water partition coefficient (Wildman–Crippen LogP) is 2.02. The number of benzene rings is 2. The van der Waals surface area contributed by atoms with Crippen molar-refractivity contribution >= 4 is 33.9 Å². The van der Waals surface area contributed by atoms with Gasteiger partial charge in [-0.25, -0.2) is 27.7 Å². The van der Waals surface area contributed by atoms with E-state index in [2.05, 4.69) is 0 Å². The summed E-state index contributed by atoms with van der Waals surface area (Å²) in [6, 6.07) is 8.63. The Morgan fingerprint density at radius 1 is 0.935 bits per heavy atom. The van der Waals surface area contributed by atoms with Crippen LogP contribution in [-0.2, 0) is 10.0 Å². The summed E-state index contributed by atoms with van der Waals surface area (Å²) in [6.45, 7) is 4.84. The number of hydrazine groups is 1. The van der Waals surface area contributed by atoms with E-state index in [4.69, 9.17) is 0 Å². The van der Waals surface area contributed by atoms with E-state index in [1.54, 1.807) is 35.9 Å². The van der Waals surface area contributed by atoms with Gasteiger partial charge in [-0.05, 0) is 45.0 Å². The zero-order valence-electron chi connectivity index (χ0n) is 16.9.